The van der Waals surface area contributed by atoms with Gasteiger partial charge >= 0.3 is 0 Å². The zero-order valence-electron chi connectivity index (χ0n) is 10.8. The quantitative estimate of drug-likeness (QED) is 0.547. The summed E-state index contributed by atoms with van der Waals surface area (Å²) in [5.74, 6) is 4.19. The Morgan fingerprint density at radius 1 is 1.00 bits per heavy atom. The van der Waals surface area contributed by atoms with E-state index in [1.165, 1.54) is 25.7 Å². The summed E-state index contributed by atoms with van der Waals surface area (Å²) in [6.07, 6.45) is 7.55. The Hall–Kier alpha value is 0. The summed E-state index contributed by atoms with van der Waals surface area (Å²) in [6.45, 7) is 10.3. The van der Waals surface area contributed by atoms with E-state index in [4.69, 9.17) is 0 Å². The third-order valence-electron chi connectivity index (χ3n) is 6.67. The molecule has 0 aliphatic heterocycles. The zero-order chi connectivity index (χ0) is 10.8. The highest BCUT2D eigenvalue weighted by atomic mass is 14.7. The monoisotopic (exact) mass is 206 g/mol. The largest absolute Gasteiger partial charge is 0.0617 e. The summed E-state index contributed by atoms with van der Waals surface area (Å²) >= 11 is 0. The lowest BCUT2D eigenvalue weighted by Crippen LogP contribution is -2.31. The van der Waals surface area contributed by atoms with Crippen LogP contribution in [0.25, 0.3) is 0 Å². The Morgan fingerprint density at radius 3 is 2.47 bits per heavy atom. The average molecular weight is 206 g/mol. The Kier molecular flexibility index (Phi) is 1.91. The number of hydrogen-bond donors (Lipinski definition) is 0. The van der Waals surface area contributed by atoms with Gasteiger partial charge in [0.05, 0.1) is 0 Å². The highest BCUT2D eigenvalue weighted by Gasteiger charge is 2.63. The van der Waals surface area contributed by atoms with Gasteiger partial charge in [-0.05, 0) is 60.2 Å². The van der Waals surface area contributed by atoms with Gasteiger partial charge in [-0.25, -0.2) is 0 Å². The van der Waals surface area contributed by atoms with Crippen molar-refractivity contribution in [3.63, 3.8) is 0 Å². The fourth-order valence-corrected chi connectivity index (χ4v) is 5.79. The second-order valence-electron chi connectivity index (χ2n) is 7.51. The molecule has 0 aromatic rings. The second kappa shape index (κ2) is 2.81. The van der Waals surface area contributed by atoms with Gasteiger partial charge in [-0.2, -0.15) is 0 Å². The summed E-state index contributed by atoms with van der Waals surface area (Å²) in [7, 11) is 0. The number of hydrogen-bond acceptors (Lipinski definition) is 0. The third kappa shape index (κ3) is 1.09. The van der Waals surface area contributed by atoms with Gasteiger partial charge in [0.1, 0.15) is 0 Å². The summed E-state index contributed by atoms with van der Waals surface area (Å²) in [4.78, 5) is 0. The molecule has 0 aromatic heterocycles. The Labute approximate surface area is 94.8 Å². The molecule has 0 heterocycles. The van der Waals surface area contributed by atoms with Crippen LogP contribution in [0, 0.1) is 34.5 Å². The minimum Gasteiger partial charge on any atom is -0.0617 e. The third-order valence-corrected chi connectivity index (χ3v) is 6.67. The van der Waals surface area contributed by atoms with Crippen LogP contribution < -0.4 is 0 Å². The lowest BCUT2D eigenvalue weighted by Gasteiger charge is -2.39. The summed E-state index contributed by atoms with van der Waals surface area (Å²) in [6, 6.07) is 0. The van der Waals surface area contributed by atoms with Crippen LogP contribution in [0.4, 0.5) is 0 Å². The molecule has 0 aromatic carbocycles. The molecule has 4 bridgehead atoms. The van der Waals surface area contributed by atoms with Crippen LogP contribution in [-0.4, -0.2) is 0 Å². The molecule has 3 rings (SSSR count). The summed E-state index contributed by atoms with van der Waals surface area (Å²) < 4.78 is 0. The van der Waals surface area contributed by atoms with Gasteiger partial charge in [0, 0.05) is 0 Å². The highest BCUT2D eigenvalue weighted by Crippen LogP contribution is 2.70. The molecule has 0 nitrogen and oxygen atoms in total. The van der Waals surface area contributed by atoms with E-state index in [1.54, 1.807) is 6.42 Å². The van der Waals surface area contributed by atoms with E-state index in [9.17, 15) is 0 Å². The Morgan fingerprint density at radius 2 is 1.73 bits per heavy atom. The van der Waals surface area contributed by atoms with Crippen molar-refractivity contribution in [2.75, 3.05) is 0 Å². The van der Waals surface area contributed by atoms with Crippen molar-refractivity contribution >= 4 is 0 Å². The van der Waals surface area contributed by atoms with E-state index < -0.39 is 0 Å². The minimum atomic E-state index is 0.633. The molecule has 15 heavy (non-hydrogen) atoms. The van der Waals surface area contributed by atoms with Gasteiger partial charge in [-0.3, -0.25) is 0 Å². The van der Waals surface area contributed by atoms with Crippen molar-refractivity contribution in [2.45, 2.75) is 59.8 Å². The van der Waals surface area contributed by atoms with Crippen molar-refractivity contribution in [2.24, 2.45) is 34.5 Å². The van der Waals surface area contributed by atoms with Crippen LogP contribution in [-0.2, 0) is 0 Å². The molecular formula is C15H26. The molecule has 0 saturated heterocycles. The van der Waals surface area contributed by atoms with Crippen molar-refractivity contribution in [3.8, 4) is 0 Å². The van der Waals surface area contributed by atoms with E-state index in [0.717, 1.165) is 23.7 Å². The van der Waals surface area contributed by atoms with Crippen LogP contribution in [0.3, 0.4) is 0 Å². The lowest BCUT2D eigenvalue weighted by atomic mass is 9.66. The van der Waals surface area contributed by atoms with E-state index >= 15 is 0 Å². The summed E-state index contributed by atoms with van der Waals surface area (Å²) in [5.41, 5.74) is 1.34. The standard InChI is InChI=1S/C15H26/c1-10-11-6-7-12-13(11)14(2,3)8-5-9-15(10,12)4/h10-13H,5-9H2,1-4H3/t10?,11-,12?,13?,15-/m1/s1. The Balaban J connectivity index is 2.06. The molecule has 0 amide bonds. The first kappa shape index (κ1) is 10.2. The van der Waals surface area contributed by atoms with Crippen molar-refractivity contribution < 1.29 is 0 Å². The van der Waals surface area contributed by atoms with E-state index in [2.05, 4.69) is 27.7 Å². The molecule has 0 N–H and O–H groups in total. The van der Waals surface area contributed by atoms with Gasteiger partial charge in [-0.15, -0.1) is 0 Å². The molecule has 3 aliphatic carbocycles. The van der Waals surface area contributed by atoms with Crippen LogP contribution in [0.5, 0.6) is 0 Å². The molecule has 3 fully saturated rings. The van der Waals surface area contributed by atoms with Gasteiger partial charge in [0.2, 0.25) is 0 Å². The second-order valence-corrected chi connectivity index (χ2v) is 7.51. The van der Waals surface area contributed by atoms with Gasteiger partial charge in [0.25, 0.3) is 0 Å². The van der Waals surface area contributed by atoms with Crippen LogP contribution >= 0.6 is 0 Å². The fourth-order valence-electron chi connectivity index (χ4n) is 5.79. The van der Waals surface area contributed by atoms with Crippen LogP contribution in [0.1, 0.15) is 59.8 Å². The topological polar surface area (TPSA) is 0 Å². The maximum atomic E-state index is 2.61. The molecule has 5 atom stereocenters. The first-order valence-corrected chi connectivity index (χ1v) is 6.97. The van der Waals surface area contributed by atoms with E-state index in [0.29, 0.717) is 10.8 Å². The minimum absolute atomic E-state index is 0.633. The van der Waals surface area contributed by atoms with Crippen molar-refractivity contribution in [3.05, 3.63) is 0 Å². The van der Waals surface area contributed by atoms with Crippen molar-refractivity contribution in [1.82, 2.24) is 0 Å². The van der Waals surface area contributed by atoms with Gasteiger partial charge < -0.3 is 0 Å². The van der Waals surface area contributed by atoms with Crippen LogP contribution in [0.2, 0.25) is 0 Å². The lowest BCUT2D eigenvalue weighted by molar-refractivity contribution is 0.0997. The number of rotatable bonds is 0. The molecule has 0 heteroatoms. The maximum absolute atomic E-state index is 2.61. The molecular weight excluding hydrogens is 180 g/mol. The molecule has 3 aliphatic rings. The first-order valence-electron chi connectivity index (χ1n) is 6.97. The normalized spacial score (nSPS) is 56.8. The highest BCUT2D eigenvalue weighted by molar-refractivity contribution is 5.11. The van der Waals surface area contributed by atoms with Crippen molar-refractivity contribution in [1.29, 1.82) is 0 Å². The molecule has 3 saturated carbocycles. The van der Waals surface area contributed by atoms with Gasteiger partial charge in [-0.1, -0.05) is 34.1 Å². The zero-order valence-corrected chi connectivity index (χ0v) is 10.8. The summed E-state index contributed by atoms with van der Waals surface area (Å²) in [5, 5.41) is 0. The predicted octanol–water partition coefficient (Wildman–Crippen LogP) is 4.49. The SMILES string of the molecule is CC1[C@H]2CCC3C2C(C)(C)CCC[C@@]31C. The van der Waals surface area contributed by atoms with E-state index in [1.807, 2.05) is 0 Å². The average Bonchev–Trinajstić information content (AvgIpc) is 2.63. The molecule has 0 spiro atoms. The van der Waals surface area contributed by atoms with Gasteiger partial charge in [0.15, 0.2) is 0 Å². The maximum Gasteiger partial charge on any atom is -0.0266 e. The molecule has 3 unspecified atom stereocenters. The molecule has 86 valence electrons. The predicted molar refractivity (Wildman–Crippen MR) is 64.6 cm³/mol. The first-order chi connectivity index (χ1) is 6.97. The molecule has 0 radical (unpaired) electrons. The fraction of sp³-hybridized carbons (Fsp3) is 1.00. The Bertz CT molecular complexity index is 278. The van der Waals surface area contributed by atoms with E-state index in [-0.39, 0.29) is 0 Å². The van der Waals surface area contributed by atoms with Crippen LogP contribution in [0.15, 0.2) is 0 Å². The smallest absolute Gasteiger partial charge is 0.0266 e.